The van der Waals surface area contributed by atoms with Crippen LogP contribution in [0.1, 0.15) is 16.1 Å². The maximum absolute atomic E-state index is 11.4. The number of aryl methyl sites for hydroxylation is 1. The summed E-state index contributed by atoms with van der Waals surface area (Å²) in [5.74, 6) is 2.65. The molecule has 2 aromatic heterocycles. The Morgan fingerprint density at radius 2 is 2.00 bits per heavy atom. The molecular formula is C18H19N3O4S. The molecule has 7 nitrogen and oxygen atoms in total. The van der Waals surface area contributed by atoms with E-state index >= 15 is 0 Å². The van der Waals surface area contributed by atoms with Gasteiger partial charge < -0.3 is 18.5 Å². The molecular weight excluding hydrogens is 354 g/mol. The van der Waals surface area contributed by atoms with E-state index < -0.39 is 0 Å². The summed E-state index contributed by atoms with van der Waals surface area (Å²) >= 11 is 1.56. The zero-order valence-corrected chi connectivity index (χ0v) is 15.6. The fraction of sp³-hybridized carbons (Fsp3) is 0.278. The number of aromatic nitrogens is 3. The van der Waals surface area contributed by atoms with Crippen LogP contribution in [0.15, 0.2) is 46.2 Å². The van der Waals surface area contributed by atoms with E-state index in [0.29, 0.717) is 17.9 Å². The minimum atomic E-state index is -0.363. The van der Waals surface area contributed by atoms with Crippen molar-refractivity contribution in [3.05, 3.63) is 47.9 Å². The first-order chi connectivity index (χ1) is 12.6. The lowest BCUT2D eigenvalue weighted by Crippen LogP contribution is -2.03. The van der Waals surface area contributed by atoms with Crippen molar-refractivity contribution in [2.24, 2.45) is 7.05 Å². The van der Waals surface area contributed by atoms with Gasteiger partial charge in [-0.1, -0.05) is 11.8 Å². The van der Waals surface area contributed by atoms with Gasteiger partial charge in [-0.25, -0.2) is 4.79 Å². The summed E-state index contributed by atoms with van der Waals surface area (Å²) in [6, 6.07) is 8.74. The van der Waals surface area contributed by atoms with Gasteiger partial charge in [-0.3, -0.25) is 0 Å². The summed E-state index contributed by atoms with van der Waals surface area (Å²) in [6.07, 6.45) is 1.64. The van der Waals surface area contributed by atoms with E-state index in [4.69, 9.17) is 9.15 Å². The minimum Gasteiger partial charge on any atom is -0.493 e. The summed E-state index contributed by atoms with van der Waals surface area (Å²) in [5.41, 5.74) is 1.43. The number of rotatable bonds is 7. The highest BCUT2D eigenvalue weighted by molar-refractivity contribution is 7.99. The zero-order chi connectivity index (χ0) is 18.5. The normalized spacial score (nSPS) is 10.7. The summed E-state index contributed by atoms with van der Waals surface area (Å²) in [5, 5.41) is 9.27. The summed E-state index contributed by atoms with van der Waals surface area (Å²) < 4.78 is 17.6. The van der Waals surface area contributed by atoms with E-state index in [0.717, 1.165) is 28.1 Å². The van der Waals surface area contributed by atoms with Gasteiger partial charge in [0.15, 0.2) is 11.0 Å². The molecule has 26 heavy (non-hydrogen) atoms. The van der Waals surface area contributed by atoms with E-state index in [-0.39, 0.29) is 5.97 Å². The molecule has 3 rings (SSSR count). The van der Waals surface area contributed by atoms with Gasteiger partial charge in [0.1, 0.15) is 11.5 Å². The van der Waals surface area contributed by atoms with Gasteiger partial charge in [-0.05, 0) is 37.3 Å². The summed E-state index contributed by atoms with van der Waals surface area (Å²) in [4.78, 5) is 11.4. The molecule has 0 aliphatic rings. The lowest BCUT2D eigenvalue weighted by atomic mass is 10.2. The number of carbonyl (C=O) groups is 1. The molecule has 0 aliphatic heterocycles. The monoisotopic (exact) mass is 373 g/mol. The molecule has 3 aromatic rings. The molecule has 0 saturated carbocycles. The number of furan rings is 1. The van der Waals surface area contributed by atoms with E-state index in [9.17, 15) is 4.79 Å². The molecule has 0 amide bonds. The third kappa shape index (κ3) is 3.91. The highest BCUT2D eigenvalue weighted by Gasteiger charge is 2.14. The van der Waals surface area contributed by atoms with Crippen LogP contribution in [0.4, 0.5) is 0 Å². The maximum atomic E-state index is 11.4. The second-order valence-electron chi connectivity index (χ2n) is 5.47. The first kappa shape index (κ1) is 18.1. The smallest absolute Gasteiger partial charge is 0.337 e. The van der Waals surface area contributed by atoms with Crippen molar-refractivity contribution < 1.29 is 18.7 Å². The van der Waals surface area contributed by atoms with Crippen LogP contribution in [0, 0.1) is 6.92 Å². The van der Waals surface area contributed by atoms with Crippen molar-refractivity contribution in [3.63, 3.8) is 0 Å². The van der Waals surface area contributed by atoms with Crippen molar-refractivity contribution in [2.45, 2.75) is 12.1 Å². The fourth-order valence-electron chi connectivity index (χ4n) is 2.39. The SMILES string of the molecule is COC(=O)c1ccc(OCCSc2nnc(-c3ccoc3C)n2C)cc1. The van der Waals surface area contributed by atoms with Crippen LogP contribution >= 0.6 is 11.8 Å². The molecule has 8 heteroatoms. The van der Waals surface area contributed by atoms with Crippen LogP contribution in [-0.2, 0) is 11.8 Å². The molecule has 0 radical (unpaired) electrons. The number of hydrogen-bond acceptors (Lipinski definition) is 7. The first-order valence-electron chi connectivity index (χ1n) is 7.98. The van der Waals surface area contributed by atoms with Crippen molar-refractivity contribution in [2.75, 3.05) is 19.5 Å². The summed E-state index contributed by atoms with van der Waals surface area (Å²) in [7, 11) is 3.28. The van der Waals surface area contributed by atoms with Gasteiger partial charge in [-0.15, -0.1) is 10.2 Å². The van der Waals surface area contributed by atoms with Gasteiger partial charge in [0.05, 0.1) is 31.1 Å². The Balaban J connectivity index is 1.52. The molecule has 0 unspecified atom stereocenters. The lowest BCUT2D eigenvalue weighted by molar-refractivity contribution is 0.0600. The van der Waals surface area contributed by atoms with Gasteiger partial charge >= 0.3 is 5.97 Å². The number of nitrogens with zero attached hydrogens (tertiary/aromatic N) is 3. The zero-order valence-electron chi connectivity index (χ0n) is 14.8. The van der Waals surface area contributed by atoms with Gasteiger partial charge in [-0.2, -0.15) is 0 Å². The Bertz CT molecular complexity index is 886. The van der Waals surface area contributed by atoms with Crippen LogP contribution < -0.4 is 4.74 Å². The number of carbonyl (C=O) groups excluding carboxylic acids is 1. The third-order valence-electron chi connectivity index (χ3n) is 3.79. The Morgan fingerprint density at radius 1 is 1.23 bits per heavy atom. The topological polar surface area (TPSA) is 79.4 Å². The van der Waals surface area contributed by atoms with E-state index in [1.807, 2.05) is 24.6 Å². The largest absolute Gasteiger partial charge is 0.493 e. The second kappa shape index (κ2) is 8.09. The highest BCUT2D eigenvalue weighted by atomic mass is 32.2. The number of methoxy groups -OCH3 is 1. The van der Waals surface area contributed by atoms with Crippen molar-refractivity contribution in [1.82, 2.24) is 14.8 Å². The molecule has 2 heterocycles. The summed E-state index contributed by atoms with van der Waals surface area (Å²) in [6.45, 7) is 2.41. The van der Waals surface area contributed by atoms with E-state index in [2.05, 4.69) is 14.9 Å². The maximum Gasteiger partial charge on any atom is 0.337 e. The Labute approximate surface area is 155 Å². The number of ether oxygens (including phenoxy) is 2. The van der Waals surface area contributed by atoms with Crippen LogP contribution in [0.25, 0.3) is 11.4 Å². The molecule has 0 fully saturated rings. The average molecular weight is 373 g/mol. The Kier molecular flexibility index (Phi) is 5.62. The Hall–Kier alpha value is -2.74. The van der Waals surface area contributed by atoms with Crippen LogP contribution in [0.5, 0.6) is 5.75 Å². The second-order valence-corrected chi connectivity index (χ2v) is 6.53. The number of hydrogen-bond donors (Lipinski definition) is 0. The average Bonchev–Trinajstić information content (AvgIpc) is 3.24. The molecule has 136 valence electrons. The lowest BCUT2D eigenvalue weighted by Gasteiger charge is -2.07. The number of benzene rings is 1. The predicted molar refractivity (Wildman–Crippen MR) is 97.4 cm³/mol. The molecule has 0 atom stereocenters. The van der Waals surface area contributed by atoms with Crippen molar-refractivity contribution in [3.8, 4) is 17.1 Å². The van der Waals surface area contributed by atoms with Crippen molar-refractivity contribution in [1.29, 1.82) is 0 Å². The number of esters is 1. The van der Waals surface area contributed by atoms with Crippen molar-refractivity contribution >= 4 is 17.7 Å². The molecule has 0 bridgehead atoms. The number of thioether (sulfide) groups is 1. The van der Waals surface area contributed by atoms with Crippen LogP contribution in [-0.4, -0.2) is 40.2 Å². The third-order valence-corrected chi connectivity index (χ3v) is 4.78. The molecule has 0 saturated heterocycles. The highest BCUT2D eigenvalue weighted by Crippen LogP contribution is 2.25. The van der Waals surface area contributed by atoms with Gasteiger partial charge in [0, 0.05) is 12.8 Å². The first-order valence-corrected chi connectivity index (χ1v) is 8.96. The van der Waals surface area contributed by atoms with Crippen LogP contribution in [0.2, 0.25) is 0 Å². The van der Waals surface area contributed by atoms with Gasteiger partial charge in [0.25, 0.3) is 0 Å². The molecule has 0 aliphatic carbocycles. The fourth-order valence-corrected chi connectivity index (χ4v) is 3.12. The Morgan fingerprint density at radius 3 is 2.65 bits per heavy atom. The van der Waals surface area contributed by atoms with E-state index in [1.165, 1.54) is 7.11 Å². The van der Waals surface area contributed by atoms with E-state index in [1.54, 1.807) is 42.3 Å². The standard InChI is InChI=1S/C18H19N3O4S/c1-12-15(8-9-24-12)16-19-20-18(21(16)2)26-11-10-25-14-6-4-13(5-7-14)17(22)23-3/h4-9H,10-11H2,1-3H3. The molecule has 1 aromatic carbocycles. The quantitative estimate of drug-likeness (QED) is 0.357. The molecule has 0 N–H and O–H groups in total. The molecule has 0 spiro atoms. The predicted octanol–water partition coefficient (Wildman–Crippen LogP) is 3.34. The van der Waals surface area contributed by atoms with Crippen LogP contribution in [0.3, 0.4) is 0 Å². The minimum absolute atomic E-state index is 0.363. The van der Waals surface area contributed by atoms with Gasteiger partial charge in [0.2, 0.25) is 0 Å².